The molecule has 3 aromatic carbocycles. The number of amides is 1. The monoisotopic (exact) mass is 478 g/mol. The number of carbonyl (C=O) groups is 1. The molecule has 5 rings (SSSR count). The van der Waals surface area contributed by atoms with Gasteiger partial charge in [-0.05, 0) is 42.8 Å². The fraction of sp³-hybridized carbons (Fsp3) is 0.154. The molecular weight excluding hydrogens is 459 g/mol. The van der Waals surface area contributed by atoms with Gasteiger partial charge < -0.3 is 9.64 Å². The summed E-state index contributed by atoms with van der Waals surface area (Å²) >= 11 is 7.83. The van der Waals surface area contributed by atoms with E-state index in [1.165, 1.54) is 16.5 Å². The first kappa shape index (κ1) is 21.6. The number of rotatable bonds is 5. The summed E-state index contributed by atoms with van der Waals surface area (Å²) in [5.41, 5.74) is 3.73. The molecule has 0 saturated heterocycles. The molecule has 0 fully saturated rings. The van der Waals surface area contributed by atoms with E-state index in [0.29, 0.717) is 11.4 Å². The average molecular weight is 479 g/mol. The van der Waals surface area contributed by atoms with E-state index in [2.05, 4.69) is 12.1 Å². The summed E-state index contributed by atoms with van der Waals surface area (Å²) in [5, 5.41) is 3.29. The maximum atomic E-state index is 14.5. The summed E-state index contributed by atoms with van der Waals surface area (Å²) in [5.74, 6) is -0.128. The van der Waals surface area contributed by atoms with Crippen molar-refractivity contribution < 1.29 is 13.9 Å². The van der Waals surface area contributed by atoms with Crippen molar-refractivity contribution in [3.05, 3.63) is 99.1 Å². The molecule has 0 N–H and O–H groups in total. The molecule has 1 aliphatic rings. The van der Waals surface area contributed by atoms with Gasteiger partial charge in [0.15, 0.2) is 6.10 Å². The van der Waals surface area contributed by atoms with Crippen LogP contribution in [0.5, 0.6) is 5.75 Å². The molecule has 1 unspecified atom stereocenters. The molecule has 7 heteroatoms. The van der Waals surface area contributed by atoms with Gasteiger partial charge in [0.1, 0.15) is 11.6 Å². The van der Waals surface area contributed by atoms with Crippen molar-refractivity contribution in [2.24, 2.45) is 0 Å². The predicted molar refractivity (Wildman–Crippen MR) is 129 cm³/mol. The van der Waals surface area contributed by atoms with Crippen molar-refractivity contribution in [2.75, 3.05) is 4.90 Å². The van der Waals surface area contributed by atoms with Crippen molar-refractivity contribution in [1.29, 1.82) is 0 Å². The number of anilines is 1. The maximum absolute atomic E-state index is 14.5. The van der Waals surface area contributed by atoms with E-state index in [0.717, 1.165) is 22.7 Å². The third kappa shape index (κ3) is 4.36. The van der Waals surface area contributed by atoms with Crippen molar-refractivity contribution in [3.63, 3.8) is 0 Å². The highest BCUT2D eigenvalue weighted by Gasteiger charge is 2.33. The summed E-state index contributed by atoms with van der Waals surface area (Å²) in [6, 6.07) is 20.3. The Kier molecular flexibility index (Phi) is 5.87. The number of benzene rings is 3. The third-order valence-corrected chi connectivity index (χ3v) is 6.79. The standard InChI is InChI=1S/C26H20ClFN2O2S/c1-16-26(31)30(14-19-20(27)8-5-9-21(19)28)23-13-18(10-11-24(23)32-16)22-15-33-25(29-22)12-17-6-3-2-4-7-17/h2-11,13,15-16H,12,14H2,1H3. The summed E-state index contributed by atoms with van der Waals surface area (Å²) in [6.07, 6.45) is 0.0821. The number of thiazole rings is 1. The second-order valence-corrected chi connectivity index (χ2v) is 9.21. The quantitative estimate of drug-likeness (QED) is 0.328. The lowest BCUT2D eigenvalue weighted by Gasteiger charge is -2.33. The second-order valence-electron chi connectivity index (χ2n) is 7.86. The Morgan fingerprint density at radius 1 is 1.12 bits per heavy atom. The van der Waals surface area contributed by atoms with Gasteiger partial charge in [0, 0.05) is 28.0 Å². The molecule has 0 radical (unpaired) electrons. The Morgan fingerprint density at radius 3 is 2.73 bits per heavy atom. The van der Waals surface area contributed by atoms with Gasteiger partial charge in [-0.2, -0.15) is 0 Å². The first-order chi connectivity index (χ1) is 16.0. The SMILES string of the molecule is CC1Oc2ccc(-c3csc(Cc4ccccc4)n3)cc2N(Cc2c(F)cccc2Cl)C1=O. The highest BCUT2D eigenvalue weighted by atomic mass is 35.5. The maximum Gasteiger partial charge on any atom is 0.268 e. The number of hydrogen-bond donors (Lipinski definition) is 0. The summed E-state index contributed by atoms with van der Waals surface area (Å²) in [6.45, 7) is 1.70. The van der Waals surface area contributed by atoms with E-state index in [1.54, 1.807) is 30.4 Å². The van der Waals surface area contributed by atoms with Gasteiger partial charge in [0.05, 0.1) is 22.9 Å². The van der Waals surface area contributed by atoms with Gasteiger partial charge >= 0.3 is 0 Å². The number of halogens is 2. The zero-order valence-electron chi connectivity index (χ0n) is 17.8. The molecule has 1 atom stereocenters. The number of hydrogen-bond acceptors (Lipinski definition) is 4. The van der Waals surface area contributed by atoms with E-state index in [9.17, 15) is 9.18 Å². The van der Waals surface area contributed by atoms with E-state index < -0.39 is 11.9 Å². The molecule has 166 valence electrons. The fourth-order valence-electron chi connectivity index (χ4n) is 3.87. The lowest BCUT2D eigenvalue weighted by atomic mass is 10.1. The van der Waals surface area contributed by atoms with Crippen LogP contribution in [0.4, 0.5) is 10.1 Å². The molecule has 1 amide bonds. The Bertz CT molecular complexity index is 1300. The van der Waals surface area contributed by atoms with Crippen LogP contribution in [-0.4, -0.2) is 17.0 Å². The minimum absolute atomic E-state index is 0.0187. The van der Waals surface area contributed by atoms with Crippen LogP contribution in [0, 0.1) is 5.82 Å². The molecule has 0 saturated carbocycles. The first-order valence-corrected chi connectivity index (χ1v) is 11.8. The molecule has 1 aromatic heterocycles. The summed E-state index contributed by atoms with van der Waals surface area (Å²) in [7, 11) is 0. The molecule has 0 bridgehead atoms. The normalized spacial score (nSPS) is 15.3. The van der Waals surface area contributed by atoms with Crippen LogP contribution < -0.4 is 9.64 Å². The Morgan fingerprint density at radius 2 is 1.94 bits per heavy atom. The molecule has 2 heterocycles. The zero-order chi connectivity index (χ0) is 22.9. The van der Waals surface area contributed by atoms with Crippen LogP contribution in [0.15, 0.2) is 72.1 Å². The Hall–Kier alpha value is -3.22. The minimum atomic E-state index is -0.675. The smallest absolute Gasteiger partial charge is 0.268 e. The van der Waals surface area contributed by atoms with Crippen molar-refractivity contribution in [1.82, 2.24) is 4.98 Å². The highest BCUT2D eigenvalue weighted by Crippen LogP contribution is 2.39. The summed E-state index contributed by atoms with van der Waals surface area (Å²) < 4.78 is 20.3. The average Bonchev–Trinajstić information content (AvgIpc) is 3.27. The number of fused-ring (bicyclic) bond motifs is 1. The lowest BCUT2D eigenvalue weighted by molar-refractivity contribution is -0.125. The van der Waals surface area contributed by atoms with Crippen LogP contribution >= 0.6 is 22.9 Å². The van der Waals surface area contributed by atoms with Crippen molar-refractivity contribution in [3.8, 4) is 17.0 Å². The van der Waals surface area contributed by atoms with Crippen LogP contribution in [0.2, 0.25) is 5.02 Å². The van der Waals surface area contributed by atoms with Crippen molar-refractivity contribution >= 4 is 34.5 Å². The highest BCUT2D eigenvalue weighted by molar-refractivity contribution is 7.10. The predicted octanol–water partition coefficient (Wildman–Crippen LogP) is 6.51. The van der Waals surface area contributed by atoms with E-state index in [-0.39, 0.29) is 23.0 Å². The molecule has 0 spiro atoms. The Balaban J connectivity index is 1.48. The van der Waals surface area contributed by atoms with Gasteiger partial charge in [0.2, 0.25) is 0 Å². The first-order valence-electron chi connectivity index (χ1n) is 10.5. The van der Waals surface area contributed by atoms with Crippen LogP contribution in [-0.2, 0) is 17.8 Å². The third-order valence-electron chi connectivity index (χ3n) is 5.59. The van der Waals surface area contributed by atoms with Crippen molar-refractivity contribution in [2.45, 2.75) is 26.0 Å². The molecule has 4 aromatic rings. The molecule has 0 aliphatic carbocycles. The number of aromatic nitrogens is 1. The van der Waals surface area contributed by atoms with E-state index in [4.69, 9.17) is 21.3 Å². The number of nitrogens with zero attached hydrogens (tertiary/aromatic N) is 2. The number of carbonyl (C=O) groups excluding carboxylic acids is 1. The van der Waals surface area contributed by atoms with Gasteiger partial charge in [-0.15, -0.1) is 11.3 Å². The lowest BCUT2D eigenvalue weighted by Crippen LogP contribution is -2.44. The molecule has 4 nitrogen and oxygen atoms in total. The summed E-state index contributed by atoms with van der Waals surface area (Å²) in [4.78, 5) is 19.3. The largest absolute Gasteiger partial charge is 0.479 e. The Labute approximate surface area is 200 Å². The molecule has 1 aliphatic heterocycles. The molecule has 33 heavy (non-hydrogen) atoms. The van der Waals surface area contributed by atoms with Gasteiger partial charge in [-0.25, -0.2) is 9.37 Å². The fourth-order valence-corrected chi connectivity index (χ4v) is 4.93. The van der Waals surface area contributed by atoms with Crippen LogP contribution in [0.3, 0.4) is 0 Å². The second kappa shape index (κ2) is 8.96. The van der Waals surface area contributed by atoms with Gasteiger partial charge in [-0.1, -0.05) is 48.0 Å². The minimum Gasteiger partial charge on any atom is -0.479 e. The zero-order valence-corrected chi connectivity index (χ0v) is 19.4. The van der Waals surface area contributed by atoms with E-state index >= 15 is 0 Å². The van der Waals surface area contributed by atoms with Gasteiger partial charge in [0.25, 0.3) is 5.91 Å². The topological polar surface area (TPSA) is 42.4 Å². The van der Waals surface area contributed by atoms with E-state index in [1.807, 2.05) is 41.8 Å². The van der Waals surface area contributed by atoms with Crippen LogP contribution in [0.1, 0.15) is 23.1 Å². The molecular formula is C26H20ClFN2O2S. The van der Waals surface area contributed by atoms with Crippen LogP contribution in [0.25, 0.3) is 11.3 Å². The number of ether oxygens (including phenoxy) is 1. The van der Waals surface area contributed by atoms with Gasteiger partial charge in [-0.3, -0.25) is 4.79 Å².